The van der Waals surface area contributed by atoms with Crippen LogP contribution in [-0.2, 0) is 16.2 Å². The summed E-state index contributed by atoms with van der Waals surface area (Å²) >= 11 is 5.16. The molecule has 0 radical (unpaired) electrons. The van der Waals surface area contributed by atoms with E-state index in [1.165, 1.54) is 0 Å². The molecule has 20 heavy (non-hydrogen) atoms. The number of rotatable bonds is 5. The normalized spacial score (nSPS) is 10.5. The molecule has 7 heteroatoms. The van der Waals surface area contributed by atoms with Crippen LogP contribution in [0.25, 0.3) is 11.4 Å². The smallest absolute Gasteiger partial charge is 0.263 e. The number of nitrogens with zero attached hydrogens (tertiary/aromatic N) is 2. The van der Waals surface area contributed by atoms with E-state index in [1.807, 2.05) is 31.2 Å². The quantitative estimate of drug-likeness (QED) is 0.653. The van der Waals surface area contributed by atoms with Gasteiger partial charge in [-0.2, -0.15) is 5.10 Å². The molecule has 0 fully saturated rings. The van der Waals surface area contributed by atoms with Gasteiger partial charge >= 0.3 is 0 Å². The first-order valence-corrected chi connectivity index (χ1v) is 6.65. The molecule has 0 aliphatic rings. The molecular formula is C13H16N4O2S. The Labute approximate surface area is 121 Å². The van der Waals surface area contributed by atoms with Crippen LogP contribution >= 0.6 is 12.2 Å². The minimum absolute atomic E-state index is 0.0542. The second-order valence-electron chi connectivity index (χ2n) is 4.27. The first-order valence-electron chi connectivity index (χ1n) is 6.24. The van der Waals surface area contributed by atoms with Gasteiger partial charge in [-0.05, 0) is 32.1 Å². The number of aromatic amines is 1. The number of hydrogen-bond acceptors (Lipinski definition) is 4. The van der Waals surface area contributed by atoms with Crippen LogP contribution in [0.3, 0.4) is 0 Å². The number of nitrogens with one attached hydrogen (secondary N) is 2. The van der Waals surface area contributed by atoms with Crippen molar-refractivity contribution in [1.82, 2.24) is 20.2 Å². The Bertz CT molecular complexity index is 662. The summed E-state index contributed by atoms with van der Waals surface area (Å²) in [4.78, 5) is 16.6. The Morgan fingerprint density at radius 2 is 2.35 bits per heavy atom. The zero-order chi connectivity index (χ0) is 14.5. The average molecular weight is 292 g/mol. The third-order valence-electron chi connectivity index (χ3n) is 2.67. The van der Waals surface area contributed by atoms with Crippen molar-refractivity contribution in [3.05, 3.63) is 34.6 Å². The topological polar surface area (TPSA) is 71.9 Å². The summed E-state index contributed by atoms with van der Waals surface area (Å²) in [5.41, 5.74) is 4.36. The SMILES string of the molecule is CCONC(=O)Cn1c(-c2cccc(C)c2)n[nH]c1=S. The number of amides is 1. The van der Waals surface area contributed by atoms with Gasteiger partial charge in [-0.1, -0.05) is 23.8 Å². The molecule has 0 aliphatic carbocycles. The van der Waals surface area contributed by atoms with E-state index in [-0.39, 0.29) is 12.5 Å². The number of hydrogen-bond donors (Lipinski definition) is 2. The highest BCUT2D eigenvalue weighted by Crippen LogP contribution is 2.18. The summed E-state index contributed by atoms with van der Waals surface area (Å²) in [6.45, 7) is 4.25. The molecule has 0 bridgehead atoms. The fourth-order valence-electron chi connectivity index (χ4n) is 1.80. The third-order valence-corrected chi connectivity index (χ3v) is 2.98. The summed E-state index contributed by atoms with van der Waals surface area (Å²) in [6.07, 6.45) is 0. The predicted octanol–water partition coefficient (Wildman–Crippen LogP) is 1.98. The molecule has 1 heterocycles. The van der Waals surface area contributed by atoms with Crippen molar-refractivity contribution in [3.63, 3.8) is 0 Å². The molecule has 0 saturated heterocycles. The van der Waals surface area contributed by atoms with Gasteiger partial charge in [0.25, 0.3) is 5.91 Å². The molecule has 2 N–H and O–H groups in total. The minimum Gasteiger partial charge on any atom is -0.291 e. The van der Waals surface area contributed by atoms with Gasteiger partial charge in [-0.3, -0.25) is 19.3 Å². The number of carbonyl (C=O) groups is 1. The van der Waals surface area contributed by atoms with E-state index >= 15 is 0 Å². The summed E-state index contributed by atoms with van der Waals surface area (Å²) < 4.78 is 2.03. The molecule has 1 aromatic heterocycles. The second kappa shape index (κ2) is 6.44. The zero-order valence-electron chi connectivity index (χ0n) is 11.3. The molecule has 106 valence electrons. The number of hydroxylamine groups is 1. The number of carbonyl (C=O) groups excluding carboxylic acids is 1. The molecule has 0 aliphatic heterocycles. The van der Waals surface area contributed by atoms with Crippen LogP contribution in [0.5, 0.6) is 0 Å². The van der Waals surface area contributed by atoms with E-state index in [0.717, 1.165) is 11.1 Å². The van der Waals surface area contributed by atoms with Crippen LogP contribution in [0.15, 0.2) is 24.3 Å². The van der Waals surface area contributed by atoms with Crippen LogP contribution in [0.2, 0.25) is 0 Å². The predicted molar refractivity (Wildman–Crippen MR) is 77.4 cm³/mol. The van der Waals surface area contributed by atoms with Gasteiger partial charge in [-0.15, -0.1) is 0 Å². The van der Waals surface area contributed by atoms with Gasteiger partial charge in [0.15, 0.2) is 10.6 Å². The van der Waals surface area contributed by atoms with Gasteiger partial charge in [0.1, 0.15) is 6.54 Å². The highest BCUT2D eigenvalue weighted by atomic mass is 32.1. The number of H-pyrrole nitrogens is 1. The Morgan fingerprint density at radius 1 is 1.55 bits per heavy atom. The van der Waals surface area contributed by atoms with E-state index in [0.29, 0.717) is 17.2 Å². The van der Waals surface area contributed by atoms with Crippen molar-refractivity contribution in [1.29, 1.82) is 0 Å². The van der Waals surface area contributed by atoms with E-state index in [9.17, 15) is 4.79 Å². The Hall–Kier alpha value is -1.99. The first-order chi connectivity index (χ1) is 9.61. The minimum atomic E-state index is -0.279. The van der Waals surface area contributed by atoms with Crippen molar-refractivity contribution in [2.24, 2.45) is 0 Å². The molecular weight excluding hydrogens is 276 g/mol. The van der Waals surface area contributed by atoms with E-state index in [4.69, 9.17) is 17.1 Å². The third kappa shape index (κ3) is 3.31. The fourth-order valence-corrected chi connectivity index (χ4v) is 1.99. The second-order valence-corrected chi connectivity index (χ2v) is 4.65. The lowest BCUT2D eigenvalue weighted by Gasteiger charge is -2.07. The Morgan fingerprint density at radius 3 is 3.05 bits per heavy atom. The molecule has 0 saturated carbocycles. The van der Waals surface area contributed by atoms with E-state index in [2.05, 4.69) is 15.7 Å². The van der Waals surface area contributed by atoms with Crippen molar-refractivity contribution in [2.75, 3.05) is 6.61 Å². The van der Waals surface area contributed by atoms with Gasteiger partial charge in [0.2, 0.25) is 0 Å². The fraction of sp³-hybridized carbons (Fsp3) is 0.308. The number of aromatic nitrogens is 3. The highest BCUT2D eigenvalue weighted by Gasteiger charge is 2.12. The standard InChI is InChI=1S/C13H16N4O2S/c1-3-19-16-11(18)8-17-12(14-15-13(17)20)10-6-4-5-9(2)7-10/h4-7H,3,8H2,1-2H3,(H,15,20)(H,16,18). The molecule has 0 atom stereocenters. The first kappa shape index (κ1) is 14.4. The van der Waals surface area contributed by atoms with Crippen LogP contribution in [0.4, 0.5) is 0 Å². The summed E-state index contributed by atoms with van der Waals surface area (Å²) in [7, 11) is 0. The van der Waals surface area contributed by atoms with Crippen LogP contribution in [-0.4, -0.2) is 27.3 Å². The molecule has 6 nitrogen and oxygen atoms in total. The van der Waals surface area contributed by atoms with E-state index in [1.54, 1.807) is 11.5 Å². The molecule has 1 amide bonds. The van der Waals surface area contributed by atoms with Gasteiger partial charge in [0, 0.05) is 5.56 Å². The maximum Gasteiger partial charge on any atom is 0.263 e. The lowest BCUT2D eigenvalue weighted by molar-refractivity contribution is -0.133. The van der Waals surface area contributed by atoms with Crippen molar-refractivity contribution < 1.29 is 9.63 Å². The molecule has 2 rings (SSSR count). The van der Waals surface area contributed by atoms with Crippen molar-refractivity contribution in [3.8, 4) is 11.4 Å². The number of aryl methyl sites for hydroxylation is 1. The molecule has 2 aromatic rings. The van der Waals surface area contributed by atoms with Crippen molar-refractivity contribution >= 4 is 18.1 Å². The maximum absolute atomic E-state index is 11.7. The molecule has 1 aromatic carbocycles. The largest absolute Gasteiger partial charge is 0.291 e. The summed E-state index contributed by atoms with van der Waals surface area (Å²) in [5, 5.41) is 6.90. The van der Waals surface area contributed by atoms with Crippen molar-refractivity contribution in [2.45, 2.75) is 20.4 Å². The zero-order valence-corrected chi connectivity index (χ0v) is 12.2. The van der Waals surface area contributed by atoms with Gasteiger partial charge in [0.05, 0.1) is 6.61 Å². The van der Waals surface area contributed by atoms with Crippen LogP contribution < -0.4 is 5.48 Å². The van der Waals surface area contributed by atoms with Crippen LogP contribution in [0, 0.1) is 11.7 Å². The molecule has 0 unspecified atom stereocenters. The Balaban J connectivity index is 2.28. The van der Waals surface area contributed by atoms with Crippen LogP contribution in [0.1, 0.15) is 12.5 Å². The van der Waals surface area contributed by atoms with Gasteiger partial charge in [-0.25, -0.2) is 5.48 Å². The van der Waals surface area contributed by atoms with Gasteiger partial charge < -0.3 is 0 Å². The molecule has 0 spiro atoms. The summed E-state index contributed by atoms with van der Waals surface area (Å²) in [6, 6.07) is 7.85. The lowest BCUT2D eigenvalue weighted by atomic mass is 10.1. The Kier molecular flexibility index (Phi) is 4.65. The lowest BCUT2D eigenvalue weighted by Crippen LogP contribution is -2.28. The average Bonchev–Trinajstić information content (AvgIpc) is 2.78. The summed E-state index contributed by atoms with van der Waals surface area (Å²) in [5.74, 6) is 0.351. The number of benzene rings is 1. The van der Waals surface area contributed by atoms with E-state index < -0.39 is 0 Å². The maximum atomic E-state index is 11.7. The monoisotopic (exact) mass is 292 g/mol. The highest BCUT2D eigenvalue weighted by molar-refractivity contribution is 7.71.